The molecule has 0 nitrogen and oxygen atoms in total. The summed E-state index contributed by atoms with van der Waals surface area (Å²) in [6.45, 7) is 7.22. The minimum atomic E-state index is 0.565. The highest BCUT2D eigenvalue weighted by Crippen LogP contribution is 2.05. The number of halogens is 1. The Morgan fingerprint density at radius 1 is 1.57 bits per heavy atom. The summed E-state index contributed by atoms with van der Waals surface area (Å²) < 4.78 is 0.565. The van der Waals surface area contributed by atoms with Crippen LogP contribution in [0.15, 0.2) is 25.3 Å². The van der Waals surface area contributed by atoms with Crippen LogP contribution in [-0.2, 0) is 0 Å². The van der Waals surface area contributed by atoms with Crippen molar-refractivity contribution in [3.8, 4) is 0 Å². The first-order chi connectivity index (χ1) is 3.31. The lowest BCUT2D eigenvalue weighted by Gasteiger charge is -1.93. The second-order valence-electron chi connectivity index (χ2n) is 1.28. The molecular formula is C6H9I. The molecule has 1 heteroatoms. The van der Waals surface area contributed by atoms with Crippen LogP contribution >= 0.6 is 22.6 Å². The lowest BCUT2D eigenvalue weighted by atomic mass is 10.3. The summed E-state index contributed by atoms with van der Waals surface area (Å²) in [6.07, 6.45) is 4.85. The van der Waals surface area contributed by atoms with Crippen molar-refractivity contribution in [2.45, 2.75) is 10.3 Å². The molecule has 0 spiro atoms. The van der Waals surface area contributed by atoms with Crippen LogP contribution in [-0.4, -0.2) is 3.92 Å². The van der Waals surface area contributed by atoms with E-state index in [0.717, 1.165) is 6.42 Å². The highest BCUT2D eigenvalue weighted by atomic mass is 127. The van der Waals surface area contributed by atoms with Crippen LogP contribution in [0.2, 0.25) is 0 Å². The molecule has 0 rings (SSSR count). The van der Waals surface area contributed by atoms with Gasteiger partial charge in [0.25, 0.3) is 0 Å². The van der Waals surface area contributed by atoms with Gasteiger partial charge in [-0.1, -0.05) is 34.7 Å². The second kappa shape index (κ2) is 4.37. The lowest BCUT2D eigenvalue weighted by Crippen LogP contribution is -1.85. The van der Waals surface area contributed by atoms with Gasteiger partial charge in [-0.3, -0.25) is 0 Å². The van der Waals surface area contributed by atoms with Gasteiger partial charge in [0.1, 0.15) is 0 Å². The Bertz CT molecular complexity index is 66.6. The van der Waals surface area contributed by atoms with Gasteiger partial charge in [0.2, 0.25) is 0 Å². The minimum Gasteiger partial charge on any atom is -0.103 e. The zero-order valence-corrected chi connectivity index (χ0v) is 6.39. The van der Waals surface area contributed by atoms with Gasteiger partial charge in [0.05, 0.1) is 0 Å². The smallest absolute Gasteiger partial charge is 0.0321 e. The summed E-state index contributed by atoms with van der Waals surface area (Å²) in [5.74, 6) is 0. The first kappa shape index (κ1) is 7.21. The monoisotopic (exact) mass is 208 g/mol. The zero-order valence-electron chi connectivity index (χ0n) is 4.23. The van der Waals surface area contributed by atoms with Crippen LogP contribution in [0.4, 0.5) is 0 Å². The van der Waals surface area contributed by atoms with Crippen LogP contribution in [0.5, 0.6) is 0 Å². The molecule has 0 aromatic rings. The van der Waals surface area contributed by atoms with E-state index >= 15 is 0 Å². The van der Waals surface area contributed by atoms with Crippen molar-refractivity contribution in [3.05, 3.63) is 25.3 Å². The molecule has 0 saturated heterocycles. The van der Waals surface area contributed by atoms with Gasteiger partial charge in [0, 0.05) is 3.92 Å². The van der Waals surface area contributed by atoms with Crippen LogP contribution in [0, 0.1) is 0 Å². The molecule has 0 N–H and O–H groups in total. The van der Waals surface area contributed by atoms with E-state index in [0.29, 0.717) is 3.92 Å². The number of hydrogen-bond donors (Lipinski definition) is 0. The van der Waals surface area contributed by atoms with E-state index in [2.05, 4.69) is 35.7 Å². The molecule has 7 heavy (non-hydrogen) atoms. The third kappa shape index (κ3) is 4.05. The Kier molecular flexibility index (Phi) is 4.50. The van der Waals surface area contributed by atoms with E-state index in [1.165, 1.54) is 0 Å². The predicted octanol–water partition coefficient (Wildman–Crippen LogP) is 2.55. The maximum atomic E-state index is 3.62. The van der Waals surface area contributed by atoms with Crippen LogP contribution in [0.1, 0.15) is 6.42 Å². The molecular weight excluding hydrogens is 199 g/mol. The van der Waals surface area contributed by atoms with E-state index in [1.807, 2.05) is 12.2 Å². The normalized spacial score (nSPS) is 12.7. The van der Waals surface area contributed by atoms with Crippen LogP contribution in [0.3, 0.4) is 0 Å². The fraction of sp³-hybridized carbons (Fsp3) is 0.333. The summed E-state index contributed by atoms with van der Waals surface area (Å²) in [5, 5.41) is 0. The molecule has 0 amide bonds. The molecule has 0 aromatic heterocycles. The van der Waals surface area contributed by atoms with Crippen molar-refractivity contribution >= 4 is 22.6 Å². The summed E-state index contributed by atoms with van der Waals surface area (Å²) in [4.78, 5) is 0. The molecule has 0 fully saturated rings. The maximum Gasteiger partial charge on any atom is 0.0321 e. The molecule has 0 aliphatic heterocycles. The molecule has 0 saturated carbocycles. The summed E-state index contributed by atoms with van der Waals surface area (Å²) in [7, 11) is 0. The van der Waals surface area contributed by atoms with E-state index in [4.69, 9.17) is 0 Å². The molecule has 0 aliphatic carbocycles. The van der Waals surface area contributed by atoms with Crippen LogP contribution < -0.4 is 0 Å². The van der Waals surface area contributed by atoms with E-state index < -0.39 is 0 Å². The van der Waals surface area contributed by atoms with Gasteiger partial charge in [-0.25, -0.2) is 0 Å². The molecule has 0 radical (unpaired) electrons. The second-order valence-corrected chi connectivity index (χ2v) is 2.88. The van der Waals surface area contributed by atoms with Crippen molar-refractivity contribution in [3.63, 3.8) is 0 Å². The molecule has 1 unspecified atom stereocenters. The predicted molar refractivity (Wildman–Crippen MR) is 42.8 cm³/mol. The fourth-order valence-electron chi connectivity index (χ4n) is 0.255. The lowest BCUT2D eigenvalue weighted by molar-refractivity contribution is 1.12. The van der Waals surface area contributed by atoms with Gasteiger partial charge < -0.3 is 0 Å². The number of hydrogen-bond acceptors (Lipinski definition) is 0. The molecule has 0 heterocycles. The van der Waals surface area contributed by atoms with Crippen molar-refractivity contribution in [1.29, 1.82) is 0 Å². The Hall–Kier alpha value is 0.210. The third-order valence-corrected chi connectivity index (χ3v) is 1.66. The highest BCUT2D eigenvalue weighted by Gasteiger charge is 1.89. The van der Waals surface area contributed by atoms with Gasteiger partial charge in [-0.15, -0.1) is 13.2 Å². The molecule has 0 aromatic carbocycles. The topological polar surface area (TPSA) is 0 Å². The Labute approximate surface area is 58.4 Å². The van der Waals surface area contributed by atoms with Crippen molar-refractivity contribution < 1.29 is 0 Å². The first-order valence-corrected chi connectivity index (χ1v) is 3.43. The minimum absolute atomic E-state index is 0.565. The zero-order chi connectivity index (χ0) is 5.70. The highest BCUT2D eigenvalue weighted by molar-refractivity contribution is 14.1. The number of alkyl halides is 1. The van der Waals surface area contributed by atoms with Crippen molar-refractivity contribution in [2.75, 3.05) is 0 Å². The molecule has 1 atom stereocenters. The average Bonchev–Trinajstić information content (AvgIpc) is 1.68. The van der Waals surface area contributed by atoms with Crippen molar-refractivity contribution in [2.24, 2.45) is 0 Å². The fourth-order valence-corrected chi connectivity index (χ4v) is 0.615. The molecule has 0 bridgehead atoms. The Balaban J connectivity index is 3.15. The summed E-state index contributed by atoms with van der Waals surface area (Å²) in [6, 6.07) is 0. The Morgan fingerprint density at radius 2 is 2.14 bits per heavy atom. The first-order valence-electron chi connectivity index (χ1n) is 2.18. The SMILES string of the molecule is C=CCC(I)C=C. The van der Waals surface area contributed by atoms with E-state index in [9.17, 15) is 0 Å². The summed E-state index contributed by atoms with van der Waals surface area (Å²) in [5.41, 5.74) is 0. The maximum absolute atomic E-state index is 3.62. The van der Waals surface area contributed by atoms with Crippen molar-refractivity contribution in [1.82, 2.24) is 0 Å². The quantitative estimate of drug-likeness (QED) is 0.379. The third-order valence-electron chi connectivity index (χ3n) is 0.648. The van der Waals surface area contributed by atoms with Gasteiger partial charge >= 0.3 is 0 Å². The van der Waals surface area contributed by atoms with Gasteiger partial charge in [-0.2, -0.15) is 0 Å². The Morgan fingerprint density at radius 3 is 2.29 bits per heavy atom. The molecule has 40 valence electrons. The average molecular weight is 208 g/mol. The number of rotatable bonds is 3. The summed E-state index contributed by atoms with van der Waals surface area (Å²) >= 11 is 2.32. The van der Waals surface area contributed by atoms with E-state index in [-0.39, 0.29) is 0 Å². The largest absolute Gasteiger partial charge is 0.103 e. The van der Waals surface area contributed by atoms with Gasteiger partial charge in [0.15, 0.2) is 0 Å². The van der Waals surface area contributed by atoms with Crippen LogP contribution in [0.25, 0.3) is 0 Å². The number of allylic oxidation sites excluding steroid dienone is 2. The van der Waals surface area contributed by atoms with Gasteiger partial charge in [-0.05, 0) is 6.42 Å². The molecule has 0 aliphatic rings. The standard InChI is InChI=1S/C6H9I/c1-3-5-6(7)4-2/h3-4,6H,1-2,5H2. The van der Waals surface area contributed by atoms with E-state index in [1.54, 1.807) is 0 Å².